The third-order valence-electron chi connectivity index (χ3n) is 4.60. The van der Waals surface area contributed by atoms with Gasteiger partial charge < -0.3 is 15.6 Å². The average molecular weight is 517 g/mol. The fourth-order valence-corrected chi connectivity index (χ4v) is 3.47. The van der Waals surface area contributed by atoms with Crippen LogP contribution in [0.3, 0.4) is 0 Å². The topological polar surface area (TPSA) is 133 Å². The van der Waals surface area contributed by atoms with Crippen LogP contribution in [0.4, 0.5) is 0 Å². The second-order valence-electron chi connectivity index (χ2n) is 7.75. The summed E-state index contributed by atoms with van der Waals surface area (Å²) >= 11 is 0. The molecule has 33 heavy (non-hydrogen) atoms. The minimum atomic E-state index is -4.29. The molecule has 0 aromatic heterocycles. The van der Waals surface area contributed by atoms with Crippen LogP contribution in [0.5, 0.6) is 0 Å². The molecule has 1 unspecified atom stereocenters. The fraction of sp³-hybridized carbons (Fsp3) is 0.682. The minimum absolute atomic E-state index is 0. The van der Waals surface area contributed by atoms with Crippen LogP contribution in [0.15, 0.2) is 24.3 Å². The molecule has 186 valence electrons. The molecule has 0 spiro atoms. The zero-order valence-corrected chi connectivity index (χ0v) is 24.2. The number of hydrogen-bond acceptors (Lipinski definition) is 8. The van der Waals surface area contributed by atoms with E-state index in [4.69, 9.17) is 14.2 Å². The van der Waals surface area contributed by atoms with Gasteiger partial charge in [-0.3, -0.25) is 9.35 Å². The quantitative estimate of drug-likeness (QED) is 0.0733. The first-order valence-electron chi connectivity index (χ1n) is 10.7. The second-order valence-corrected chi connectivity index (χ2v) is 9.45. The van der Waals surface area contributed by atoms with Crippen molar-refractivity contribution in [2.75, 3.05) is 19.8 Å². The van der Waals surface area contributed by atoms with Crippen LogP contribution in [-0.4, -0.2) is 55.9 Å². The Hall–Kier alpha value is -0.564. The zero-order valence-electron chi connectivity index (χ0n) is 21.3. The van der Waals surface area contributed by atoms with Crippen molar-refractivity contribution in [2.45, 2.75) is 71.0 Å². The summed E-state index contributed by atoms with van der Waals surface area (Å²) in [6.45, 7) is 10.7. The SMILES string of the molecule is C=C(C)C(=O)OCC(COC(=O)C(=C)C)C(=O)OCCC(CCCCCCC)S(=O)(=O)O.[H-].[K+]. The van der Waals surface area contributed by atoms with Crippen molar-refractivity contribution in [3.63, 3.8) is 0 Å². The monoisotopic (exact) mass is 516 g/mol. The Kier molecular flexibility index (Phi) is 19.6. The molecule has 9 nitrogen and oxygen atoms in total. The van der Waals surface area contributed by atoms with Crippen molar-refractivity contribution in [1.82, 2.24) is 0 Å². The molecule has 0 aliphatic heterocycles. The average Bonchev–Trinajstić information content (AvgIpc) is 2.70. The summed E-state index contributed by atoms with van der Waals surface area (Å²) in [6.07, 6.45) is 4.76. The summed E-state index contributed by atoms with van der Waals surface area (Å²) in [6, 6.07) is 0. The van der Waals surface area contributed by atoms with Crippen LogP contribution in [-0.2, 0) is 38.7 Å². The van der Waals surface area contributed by atoms with Crippen LogP contribution >= 0.6 is 0 Å². The van der Waals surface area contributed by atoms with E-state index in [-0.39, 0.29) is 83.4 Å². The molecule has 1 N–H and O–H groups in total. The normalized spacial score (nSPS) is 11.8. The molecular weight excluding hydrogens is 479 g/mol. The van der Waals surface area contributed by atoms with Gasteiger partial charge in [0.05, 0.1) is 11.9 Å². The summed E-state index contributed by atoms with van der Waals surface area (Å²) in [5.41, 5.74) is 0.261. The van der Waals surface area contributed by atoms with Gasteiger partial charge in [-0.15, -0.1) is 0 Å². The summed E-state index contributed by atoms with van der Waals surface area (Å²) in [7, 11) is -4.29. The summed E-state index contributed by atoms with van der Waals surface area (Å²) in [4.78, 5) is 35.6. The number of rotatable bonds is 17. The van der Waals surface area contributed by atoms with Crippen LogP contribution in [0.25, 0.3) is 0 Å². The summed E-state index contributed by atoms with van der Waals surface area (Å²) in [5.74, 6) is -3.38. The molecule has 0 amide bonds. The molecule has 0 aromatic carbocycles. The van der Waals surface area contributed by atoms with E-state index < -0.39 is 52.4 Å². The Bertz CT molecular complexity index is 738. The Morgan fingerprint density at radius 3 is 1.79 bits per heavy atom. The molecule has 0 aliphatic carbocycles. The summed E-state index contributed by atoms with van der Waals surface area (Å²) in [5, 5.41) is -1.04. The Morgan fingerprint density at radius 1 is 0.879 bits per heavy atom. The van der Waals surface area contributed by atoms with Gasteiger partial charge in [0, 0.05) is 17.6 Å². The maximum Gasteiger partial charge on any atom is 1.00 e. The fourth-order valence-electron chi connectivity index (χ4n) is 2.61. The Labute approximate surface area is 241 Å². The van der Waals surface area contributed by atoms with Crippen LogP contribution in [0, 0.1) is 5.92 Å². The molecule has 1 atom stereocenters. The van der Waals surface area contributed by atoms with E-state index in [2.05, 4.69) is 20.1 Å². The van der Waals surface area contributed by atoms with Crippen LogP contribution < -0.4 is 51.4 Å². The second kappa shape index (κ2) is 18.7. The number of hydrogen-bond donors (Lipinski definition) is 1. The van der Waals surface area contributed by atoms with Crippen molar-refractivity contribution in [2.24, 2.45) is 5.92 Å². The Balaban J connectivity index is -0.00000480. The molecule has 0 saturated heterocycles. The third-order valence-corrected chi connectivity index (χ3v) is 5.91. The van der Waals surface area contributed by atoms with Gasteiger partial charge in [-0.25, -0.2) is 9.59 Å². The van der Waals surface area contributed by atoms with Crippen molar-refractivity contribution < 1.29 is 94.4 Å². The van der Waals surface area contributed by atoms with E-state index in [1.54, 1.807) is 0 Å². The molecule has 0 heterocycles. The van der Waals surface area contributed by atoms with Gasteiger partial charge in [-0.1, -0.05) is 52.2 Å². The van der Waals surface area contributed by atoms with E-state index in [1.165, 1.54) is 13.8 Å². The van der Waals surface area contributed by atoms with E-state index >= 15 is 0 Å². The molecule has 0 rings (SSSR count). The van der Waals surface area contributed by atoms with Crippen LogP contribution in [0.2, 0.25) is 0 Å². The number of esters is 3. The van der Waals surface area contributed by atoms with Crippen LogP contribution in [0.1, 0.15) is 67.1 Å². The zero-order chi connectivity index (χ0) is 24.7. The first kappa shape index (κ1) is 34.6. The number of carbonyl (C=O) groups excluding carboxylic acids is 3. The third kappa shape index (κ3) is 16.7. The van der Waals surface area contributed by atoms with Crippen molar-refractivity contribution in [3.05, 3.63) is 24.3 Å². The van der Waals surface area contributed by atoms with Gasteiger partial charge in [0.25, 0.3) is 10.1 Å². The van der Waals surface area contributed by atoms with Gasteiger partial charge >= 0.3 is 69.3 Å². The maximum absolute atomic E-state index is 12.4. The first-order valence-corrected chi connectivity index (χ1v) is 12.2. The predicted octanol–water partition coefficient (Wildman–Crippen LogP) is 0.508. The van der Waals surface area contributed by atoms with Crippen molar-refractivity contribution in [3.8, 4) is 0 Å². The predicted molar refractivity (Wildman–Crippen MR) is 120 cm³/mol. The largest absolute Gasteiger partial charge is 1.00 e. The first-order chi connectivity index (χ1) is 14.9. The Morgan fingerprint density at radius 2 is 1.36 bits per heavy atom. The number of carbonyl (C=O) groups is 3. The van der Waals surface area contributed by atoms with E-state index in [1.807, 2.05) is 0 Å². The van der Waals surface area contributed by atoms with Gasteiger partial charge in [0.15, 0.2) is 0 Å². The van der Waals surface area contributed by atoms with Gasteiger partial charge in [0.1, 0.15) is 19.1 Å². The van der Waals surface area contributed by atoms with E-state index in [0.717, 1.165) is 25.7 Å². The standard InChI is InChI=1S/C22H36O9S.K.H/c1-6-7-8-9-10-11-19(32(26,27)28)12-13-29-22(25)18(14-30-20(23)16(2)3)15-31-21(24)17(4)5;;/h18-19H,2,4,6-15H2,1,3,5H3,(H,26,27,28);;/q;+1;-1. The smallest absolute Gasteiger partial charge is 1.00 e. The van der Waals surface area contributed by atoms with Gasteiger partial charge in [-0.2, -0.15) is 8.42 Å². The number of ether oxygens (including phenoxy) is 3. The molecule has 0 saturated carbocycles. The van der Waals surface area contributed by atoms with Gasteiger partial charge in [-0.05, 0) is 20.3 Å². The van der Waals surface area contributed by atoms with E-state index in [9.17, 15) is 27.4 Å². The molecule has 0 aromatic rings. The van der Waals surface area contributed by atoms with Crippen molar-refractivity contribution in [1.29, 1.82) is 0 Å². The number of unbranched alkanes of at least 4 members (excludes halogenated alkanes) is 4. The van der Waals surface area contributed by atoms with E-state index in [0.29, 0.717) is 6.42 Å². The molecule has 0 bridgehead atoms. The molecule has 0 radical (unpaired) electrons. The maximum atomic E-state index is 12.4. The molecule has 0 fully saturated rings. The van der Waals surface area contributed by atoms with Crippen molar-refractivity contribution >= 4 is 28.0 Å². The molecular formula is C22H37KO9S. The minimum Gasteiger partial charge on any atom is -1.00 e. The summed E-state index contributed by atoms with van der Waals surface area (Å²) < 4.78 is 47.7. The van der Waals surface area contributed by atoms with Gasteiger partial charge in [0.2, 0.25) is 0 Å². The molecule has 11 heteroatoms. The molecule has 0 aliphatic rings.